The average Bonchev–Trinajstić information content (AvgIpc) is 2.67. The second-order valence-electron chi connectivity index (χ2n) is 7.76. The number of piperidine rings is 2. The van der Waals surface area contributed by atoms with Gasteiger partial charge in [-0.3, -0.25) is 4.79 Å². The van der Waals surface area contributed by atoms with E-state index in [1.807, 2.05) is 12.1 Å². The Morgan fingerprint density at radius 1 is 1.23 bits per heavy atom. The quantitative estimate of drug-likeness (QED) is 0.846. The zero-order valence-electron chi connectivity index (χ0n) is 15.9. The summed E-state index contributed by atoms with van der Waals surface area (Å²) in [5.41, 5.74) is 1.20. The van der Waals surface area contributed by atoms with E-state index < -0.39 is 0 Å². The second-order valence-corrected chi connectivity index (χ2v) is 7.76. The highest BCUT2D eigenvalue weighted by Gasteiger charge is 2.31. The molecule has 2 aliphatic heterocycles. The lowest BCUT2D eigenvalue weighted by Crippen LogP contribution is -2.47. The lowest BCUT2D eigenvalue weighted by atomic mass is 9.92. The number of ether oxygens (including phenoxy) is 1. The molecule has 1 atom stereocenters. The van der Waals surface area contributed by atoms with Gasteiger partial charge in [-0.15, -0.1) is 0 Å². The molecule has 0 saturated carbocycles. The average molecular weight is 360 g/mol. The van der Waals surface area contributed by atoms with Gasteiger partial charge in [0.2, 0.25) is 5.91 Å². The van der Waals surface area contributed by atoms with Crippen LogP contribution in [0, 0.1) is 18.8 Å². The molecule has 2 aliphatic rings. The van der Waals surface area contributed by atoms with Crippen LogP contribution in [0.1, 0.15) is 31.2 Å². The van der Waals surface area contributed by atoms with Crippen molar-refractivity contribution in [1.82, 2.24) is 9.80 Å². The van der Waals surface area contributed by atoms with E-state index in [2.05, 4.69) is 28.9 Å². The zero-order chi connectivity index (χ0) is 18.4. The van der Waals surface area contributed by atoms with Crippen molar-refractivity contribution < 1.29 is 14.6 Å². The van der Waals surface area contributed by atoms with Crippen LogP contribution in [0.2, 0.25) is 0 Å². The van der Waals surface area contributed by atoms with Crippen molar-refractivity contribution in [2.45, 2.75) is 32.6 Å². The number of amides is 1. The van der Waals surface area contributed by atoms with Crippen LogP contribution in [0.4, 0.5) is 0 Å². The predicted octanol–water partition coefficient (Wildman–Crippen LogP) is 2.32. The second kappa shape index (κ2) is 9.38. The van der Waals surface area contributed by atoms with Crippen molar-refractivity contribution in [3.05, 3.63) is 29.8 Å². The molecule has 2 saturated heterocycles. The molecule has 2 fully saturated rings. The minimum absolute atomic E-state index is 0.154. The SMILES string of the molecule is Cc1cccc(OC[C@H]2CCCN(C(=O)C3CCN(CCO)CC3)C2)c1. The van der Waals surface area contributed by atoms with Crippen molar-refractivity contribution in [2.75, 3.05) is 45.9 Å². The molecule has 3 rings (SSSR count). The van der Waals surface area contributed by atoms with Gasteiger partial charge in [0.15, 0.2) is 0 Å². The Morgan fingerprint density at radius 3 is 2.77 bits per heavy atom. The highest BCUT2D eigenvalue weighted by atomic mass is 16.5. The number of carbonyl (C=O) groups excluding carboxylic acids is 1. The molecule has 5 heteroatoms. The first kappa shape index (κ1) is 19.2. The number of nitrogens with zero attached hydrogens (tertiary/aromatic N) is 2. The Morgan fingerprint density at radius 2 is 2.04 bits per heavy atom. The summed E-state index contributed by atoms with van der Waals surface area (Å²) in [6.07, 6.45) is 4.03. The normalized spacial score (nSPS) is 22.4. The summed E-state index contributed by atoms with van der Waals surface area (Å²) in [6, 6.07) is 8.15. The summed E-state index contributed by atoms with van der Waals surface area (Å²) in [5.74, 6) is 1.82. The first-order valence-electron chi connectivity index (χ1n) is 9.97. The molecular formula is C21H32N2O3. The minimum atomic E-state index is 0.154. The van der Waals surface area contributed by atoms with Gasteiger partial charge in [-0.05, 0) is 63.4 Å². The highest BCUT2D eigenvalue weighted by molar-refractivity contribution is 5.79. The summed E-state index contributed by atoms with van der Waals surface area (Å²) in [4.78, 5) is 17.2. The lowest BCUT2D eigenvalue weighted by molar-refractivity contribution is -0.139. The number of β-amino-alcohol motifs (C(OH)–C–C–N with tert-alkyl or cyclic N) is 1. The van der Waals surface area contributed by atoms with E-state index in [0.29, 0.717) is 18.4 Å². The van der Waals surface area contributed by atoms with Crippen molar-refractivity contribution in [3.63, 3.8) is 0 Å². The van der Waals surface area contributed by atoms with Crippen LogP contribution >= 0.6 is 0 Å². The van der Waals surface area contributed by atoms with Crippen LogP contribution in [0.15, 0.2) is 24.3 Å². The molecule has 0 unspecified atom stereocenters. The monoisotopic (exact) mass is 360 g/mol. The standard InChI is InChI=1S/C21H32N2O3/c1-17-4-2-6-20(14-17)26-16-18-5-3-9-23(15-18)21(25)19-7-10-22(11-8-19)12-13-24/h2,4,6,14,18-19,24H,3,5,7-13,15-16H2,1H3/t18-/m0/s1. The Balaban J connectivity index is 1.46. The van der Waals surface area contributed by atoms with Crippen molar-refractivity contribution in [3.8, 4) is 5.75 Å². The maximum absolute atomic E-state index is 12.9. The summed E-state index contributed by atoms with van der Waals surface area (Å²) >= 11 is 0. The molecule has 0 bridgehead atoms. The van der Waals surface area contributed by atoms with Crippen molar-refractivity contribution >= 4 is 5.91 Å². The van der Waals surface area contributed by atoms with Crippen LogP contribution < -0.4 is 4.74 Å². The summed E-state index contributed by atoms with van der Waals surface area (Å²) in [6.45, 7) is 7.23. The van der Waals surface area contributed by atoms with E-state index >= 15 is 0 Å². The first-order chi connectivity index (χ1) is 12.7. The molecule has 0 radical (unpaired) electrons. The van der Waals surface area contributed by atoms with E-state index in [1.54, 1.807) is 0 Å². The summed E-state index contributed by atoms with van der Waals surface area (Å²) in [5, 5.41) is 9.05. The summed E-state index contributed by atoms with van der Waals surface area (Å²) in [7, 11) is 0. The number of aliphatic hydroxyl groups is 1. The molecule has 144 valence electrons. The molecule has 1 N–H and O–H groups in total. The number of hydrogen-bond donors (Lipinski definition) is 1. The van der Waals surface area contributed by atoms with E-state index in [-0.39, 0.29) is 12.5 Å². The largest absolute Gasteiger partial charge is 0.493 e. The Bertz CT molecular complexity index is 584. The van der Waals surface area contributed by atoms with Crippen LogP contribution in [-0.4, -0.2) is 66.8 Å². The summed E-state index contributed by atoms with van der Waals surface area (Å²) < 4.78 is 5.97. The predicted molar refractivity (Wildman–Crippen MR) is 102 cm³/mol. The van der Waals surface area contributed by atoms with Crippen molar-refractivity contribution in [2.24, 2.45) is 11.8 Å². The Labute approximate surface area is 156 Å². The van der Waals surface area contributed by atoms with E-state index in [9.17, 15) is 4.79 Å². The number of hydrogen-bond acceptors (Lipinski definition) is 4. The van der Waals surface area contributed by atoms with Gasteiger partial charge in [0.1, 0.15) is 5.75 Å². The van der Waals surface area contributed by atoms with Gasteiger partial charge in [0.25, 0.3) is 0 Å². The number of rotatable bonds is 6. The minimum Gasteiger partial charge on any atom is -0.493 e. The van der Waals surface area contributed by atoms with Crippen LogP contribution in [0.3, 0.4) is 0 Å². The van der Waals surface area contributed by atoms with E-state index in [0.717, 1.165) is 64.2 Å². The van der Waals surface area contributed by atoms with E-state index in [1.165, 1.54) is 5.56 Å². The third-order valence-electron chi connectivity index (χ3n) is 5.66. The Kier molecular flexibility index (Phi) is 6.92. The van der Waals surface area contributed by atoms with E-state index in [4.69, 9.17) is 9.84 Å². The molecule has 1 amide bonds. The maximum Gasteiger partial charge on any atom is 0.225 e. The maximum atomic E-state index is 12.9. The van der Waals surface area contributed by atoms with Crippen LogP contribution in [0.25, 0.3) is 0 Å². The molecular weight excluding hydrogens is 328 g/mol. The number of carbonyl (C=O) groups is 1. The highest BCUT2D eigenvalue weighted by Crippen LogP contribution is 2.24. The topological polar surface area (TPSA) is 53.0 Å². The van der Waals surface area contributed by atoms with Gasteiger partial charge in [-0.1, -0.05) is 12.1 Å². The number of benzene rings is 1. The Hall–Kier alpha value is -1.59. The first-order valence-corrected chi connectivity index (χ1v) is 9.97. The molecule has 1 aromatic rings. The molecule has 5 nitrogen and oxygen atoms in total. The van der Waals surface area contributed by atoms with Crippen LogP contribution in [-0.2, 0) is 4.79 Å². The number of likely N-dealkylation sites (tertiary alicyclic amines) is 2. The fourth-order valence-corrected chi connectivity index (χ4v) is 4.12. The zero-order valence-corrected chi connectivity index (χ0v) is 15.9. The lowest BCUT2D eigenvalue weighted by Gasteiger charge is -2.37. The van der Waals surface area contributed by atoms with Crippen LogP contribution in [0.5, 0.6) is 5.75 Å². The third kappa shape index (κ3) is 5.21. The number of aliphatic hydroxyl groups excluding tert-OH is 1. The fraction of sp³-hybridized carbons (Fsp3) is 0.667. The molecule has 26 heavy (non-hydrogen) atoms. The fourth-order valence-electron chi connectivity index (χ4n) is 4.12. The number of aryl methyl sites for hydroxylation is 1. The van der Waals surface area contributed by atoms with Gasteiger partial charge >= 0.3 is 0 Å². The molecule has 0 aliphatic carbocycles. The third-order valence-corrected chi connectivity index (χ3v) is 5.66. The smallest absolute Gasteiger partial charge is 0.225 e. The molecule has 0 spiro atoms. The van der Waals surface area contributed by atoms with Gasteiger partial charge in [-0.2, -0.15) is 0 Å². The molecule has 1 aromatic carbocycles. The van der Waals surface area contributed by atoms with Gasteiger partial charge in [0.05, 0.1) is 13.2 Å². The van der Waals surface area contributed by atoms with Crippen molar-refractivity contribution in [1.29, 1.82) is 0 Å². The molecule has 2 heterocycles. The van der Waals surface area contributed by atoms with Gasteiger partial charge in [0, 0.05) is 31.5 Å². The molecule has 0 aromatic heterocycles. The van der Waals surface area contributed by atoms with Gasteiger partial charge < -0.3 is 19.6 Å². The van der Waals surface area contributed by atoms with Gasteiger partial charge in [-0.25, -0.2) is 0 Å².